The molecule has 1 aromatic heterocycles. The van der Waals surface area contributed by atoms with E-state index >= 15 is 0 Å². The van der Waals surface area contributed by atoms with Crippen molar-refractivity contribution in [2.24, 2.45) is 5.92 Å². The summed E-state index contributed by atoms with van der Waals surface area (Å²) in [5, 5.41) is 7.64. The van der Waals surface area contributed by atoms with E-state index in [1.54, 1.807) is 16.5 Å². The molecule has 0 saturated carbocycles. The molecule has 0 unspecified atom stereocenters. The van der Waals surface area contributed by atoms with Crippen molar-refractivity contribution in [3.05, 3.63) is 41.4 Å². The van der Waals surface area contributed by atoms with Crippen molar-refractivity contribution in [2.75, 3.05) is 23.7 Å². The van der Waals surface area contributed by atoms with Gasteiger partial charge in [-0.2, -0.15) is 13.2 Å². The van der Waals surface area contributed by atoms with Gasteiger partial charge in [-0.1, -0.05) is 0 Å². The first-order valence-corrected chi connectivity index (χ1v) is 9.14. The fraction of sp³-hybridized carbons (Fsp3) is 0.353. The average Bonchev–Trinajstić information content (AvgIpc) is 3.14. The third-order valence-corrected chi connectivity index (χ3v) is 4.97. The van der Waals surface area contributed by atoms with Gasteiger partial charge in [0.1, 0.15) is 0 Å². The van der Waals surface area contributed by atoms with Crippen molar-refractivity contribution in [1.82, 2.24) is 9.88 Å². The number of halogens is 3. The lowest BCUT2D eigenvalue weighted by Crippen LogP contribution is -2.43. The fourth-order valence-corrected chi connectivity index (χ4v) is 3.31. The zero-order valence-corrected chi connectivity index (χ0v) is 14.9. The van der Waals surface area contributed by atoms with E-state index in [4.69, 9.17) is 0 Å². The van der Waals surface area contributed by atoms with Crippen LogP contribution in [0.2, 0.25) is 0 Å². The molecule has 0 radical (unpaired) electrons. The monoisotopic (exact) mass is 398 g/mol. The number of nitrogens with zero attached hydrogens (tertiary/aromatic N) is 2. The van der Waals surface area contributed by atoms with E-state index in [9.17, 15) is 22.8 Å². The maximum absolute atomic E-state index is 12.6. The van der Waals surface area contributed by atoms with E-state index in [2.05, 4.69) is 15.6 Å². The van der Waals surface area contributed by atoms with Crippen molar-refractivity contribution >= 4 is 34.1 Å². The Kier molecular flexibility index (Phi) is 5.64. The zero-order chi connectivity index (χ0) is 19.4. The summed E-state index contributed by atoms with van der Waals surface area (Å²) in [7, 11) is 0. The Bertz CT molecular complexity index is 786. The molecule has 2 N–H and O–H groups in total. The van der Waals surface area contributed by atoms with E-state index in [1.165, 1.54) is 23.5 Å². The average molecular weight is 398 g/mol. The van der Waals surface area contributed by atoms with E-state index in [0.29, 0.717) is 31.1 Å². The number of benzene rings is 1. The van der Waals surface area contributed by atoms with Gasteiger partial charge in [-0.15, -0.1) is 11.3 Å². The van der Waals surface area contributed by atoms with Gasteiger partial charge >= 0.3 is 12.2 Å². The quantitative estimate of drug-likeness (QED) is 0.819. The van der Waals surface area contributed by atoms with Gasteiger partial charge in [0.25, 0.3) is 0 Å². The third-order valence-electron chi connectivity index (χ3n) is 4.28. The Morgan fingerprint density at radius 1 is 1.11 bits per heavy atom. The summed E-state index contributed by atoms with van der Waals surface area (Å²) in [5.74, 6) is -0.322. The number of nitrogens with one attached hydrogen (secondary N) is 2. The number of carbonyl (C=O) groups is 2. The Hall–Kier alpha value is -2.62. The lowest BCUT2D eigenvalue weighted by Gasteiger charge is -2.31. The molecule has 1 fully saturated rings. The van der Waals surface area contributed by atoms with Crippen LogP contribution in [-0.2, 0) is 11.0 Å². The van der Waals surface area contributed by atoms with Crippen molar-refractivity contribution < 1.29 is 22.8 Å². The maximum Gasteiger partial charge on any atom is 0.416 e. The van der Waals surface area contributed by atoms with Crippen LogP contribution in [0, 0.1) is 5.92 Å². The number of anilines is 2. The highest BCUT2D eigenvalue weighted by atomic mass is 32.1. The third kappa shape index (κ3) is 4.97. The molecule has 2 heterocycles. The lowest BCUT2D eigenvalue weighted by atomic mass is 9.96. The Balaban J connectivity index is 1.49. The summed E-state index contributed by atoms with van der Waals surface area (Å²) in [5.41, 5.74) is -0.482. The molecule has 2 aromatic rings. The second kappa shape index (κ2) is 7.95. The molecular formula is C17H17F3N4O2S. The highest BCUT2D eigenvalue weighted by Crippen LogP contribution is 2.30. The molecule has 0 bridgehead atoms. The first-order chi connectivity index (χ1) is 12.8. The van der Waals surface area contributed by atoms with Gasteiger partial charge in [-0.3, -0.25) is 4.79 Å². The largest absolute Gasteiger partial charge is 0.416 e. The van der Waals surface area contributed by atoms with Crippen LogP contribution in [0.1, 0.15) is 18.4 Å². The van der Waals surface area contributed by atoms with Crippen LogP contribution in [0.25, 0.3) is 0 Å². The van der Waals surface area contributed by atoms with Crippen molar-refractivity contribution in [3.63, 3.8) is 0 Å². The van der Waals surface area contributed by atoms with E-state index in [-0.39, 0.29) is 17.5 Å². The van der Waals surface area contributed by atoms with E-state index < -0.39 is 17.8 Å². The molecule has 1 aromatic carbocycles. The number of hydrogen-bond donors (Lipinski definition) is 2. The van der Waals surface area contributed by atoms with Gasteiger partial charge < -0.3 is 15.5 Å². The van der Waals surface area contributed by atoms with E-state index in [0.717, 1.165) is 12.1 Å². The molecule has 0 aliphatic carbocycles. The molecule has 3 amide bonds. The number of hydrogen-bond acceptors (Lipinski definition) is 4. The maximum atomic E-state index is 12.6. The number of aromatic nitrogens is 1. The SMILES string of the molecule is O=C(Nc1nccs1)C1CCN(C(=O)Nc2ccc(C(F)(F)F)cc2)CC1. The van der Waals surface area contributed by atoms with Crippen LogP contribution < -0.4 is 10.6 Å². The summed E-state index contributed by atoms with van der Waals surface area (Å²) in [4.78, 5) is 30.0. The highest BCUT2D eigenvalue weighted by molar-refractivity contribution is 7.13. The molecule has 10 heteroatoms. The fourth-order valence-electron chi connectivity index (χ4n) is 2.78. The number of thiazole rings is 1. The van der Waals surface area contributed by atoms with Crippen LogP contribution in [0.4, 0.5) is 28.8 Å². The molecule has 0 atom stereocenters. The smallest absolute Gasteiger partial charge is 0.324 e. The molecular weight excluding hydrogens is 381 g/mol. The number of likely N-dealkylation sites (tertiary alicyclic amines) is 1. The second-order valence-electron chi connectivity index (χ2n) is 6.09. The van der Waals surface area contributed by atoms with Gasteiger partial charge in [0.05, 0.1) is 5.56 Å². The standard InChI is InChI=1S/C17H17F3N4O2S/c18-17(19,20)12-1-3-13(4-2-12)22-16(26)24-8-5-11(6-9-24)14(25)23-15-21-7-10-27-15/h1-4,7,10-11H,5-6,8-9H2,(H,22,26)(H,21,23,25). The van der Waals surface area contributed by atoms with Gasteiger partial charge in [0, 0.05) is 36.3 Å². The molecule has 1 saturated heterocycles. The topological polar surface area (TPSA) is 74.3 Å². The number of piperidine rings is 1. The lowest BCUT2D eigenvalue weighted by molar-refractivity contribution is -0.137. The second-order valence-corrected chi connectivity index (χ2v) is 6.99. The van der Waals surface area contributed by atoms with Gasteiger partial charge in [0.2, 0.25) is 5.91 Å². The summed E-state index contributed by atoms with van der Waals surface area (Å²) >= 11 is 1.34. The van der Waals surface area contributed by atoms with Crippen molar-refractivity contribution in [3.8, 4) is 0 Å². The number of alkyl halides is 3. The van der Waals surface area contributed by atoms with E-state index in [1.807, 2.05) is 0 Å². The van der Waals surface area contributed by atoms with Crippen molar-refractivity contribution in [2.45, 2.75) is 19.0 Å². The zero-order valence-electron chi connectivity index (χ0n) is 14.1. The summed E-state index contributed by atoms with van der Waals surface area (Å²) < 4.78 is 37.7. The minimum atomic E-state index is -4.41. The molecule has 0 spiro atoms. The summed E-state index contributed by atoms with van der Waals surface area (Å²) in [6.45, 7) is 0.783. The first kappa shape index (κ1) is 19.2. The number of urea groups is 1. The van der Waals surface area contributed by atoms with Crippen molar-refractivity contribution in [1.29, 1.82) is 0 Å². The number of amides is 3. The van der Waals surface area contributed by atoms with Crippen LogP contribution in [-0.4, -0.2) is 34.9 Å². The first-order valence-electron chi connectivity index (χ1n) is 8.26. The number of rotatable bonds is 3. The molecule has 6 nitrogen and oxygen atoms in total. The molecule has 1 aliphatic rings. The Morgan fingerprint density at radius 3 is 2.33 bits per heavy atom. The van der Waals surface area contributed by atoms with Crippen LogP contribution in [0.5, 0.6) is 0 Å². The molecule has 3 rings (SSSR count). The van der Waals surface area contributed by atoms with Crippen LogP contribution in [0.3, 0.4) is 0 Å². The minimum Gasteiger partial charge on any atom is -0.324 e. The van der Waals surface area contributed by atoms with Gasteiger partial charge in [-0.25, -0.2) is 9.78 Å². The number of carbonyl (C=O) groups excluding carboxylic acids is 2. The normalized spacial score (nSPS) is 15.4. The highest BCUT2D eigenvalue weighted by Gasteiger charge is 2.30. The summed E-state index contributed by atoms with van der Waals surface area (Å²) in [6.07, 6.45) is -1.78. The molecule has 1 aliphatic heterocycles. The predicted molar refractivity (Wildman–Crippen MR) is 95.5 cm³/mol. The molecule has 144 valence electrons. The van der Waals surface area contributed by atoms with Gasteiger partial charge in [0.15, 0.2) is 5.13 Å². The Morgan fingerprint density at radius 2 is 1.78 bits per heavy atom. The van der Waals surface area contributed by atoms with Gasteiger partial charge in [-0.05, 0) is 37.1 Å². The minimum absolute atomic E-state index is 0.118. The van der Waals surface area contributed by atoms with Crippen LogP contribution in [0.15, 0.2) is 35.8 Å². The molecule has 27 heavy (non-hydrogen) atoms. The Labute approximate surface area is 157 Å². The predicted octanol–water partition coefficient (Wildman–Crippen LogP) is 4.04. The summed E-state index contributed by atoms with van der Waals surface area (Å²) in [6, 6.07) is 3.88. The van der Waals surface area contributed by atoms with Crippen LogP contribution >= 0.6 is 11.3 Å².